The highest BCUT2D eigenvalue weighted by Gasteiger charge is 2.38. The van der Waals surface area contributed by atoms with Crippen LogP contribution in [0.5, 0.6) is 0 Å². The van der Waals surface area contributed by atoms with E-state index < -0.39 is 0 Å². The topological polar surface area (TPSA) is 20.3 Å². The molecule has 1 heterocycles. The monoisotopic (exact) mass is 321 g/mol. The summed E-state index contributed by atoms with van der Waals surface area (Å²) in [6.07, 6.45) is 6.33. The predicted octanol–water partition coefficient (Wildman–Crippen LogP) is 4.16. The van der Waals surface area contributed by atoms with E-state index in [4.69, 9.17) is 0 Å². The number of fused-ring (bicyclic) bond motifs is 1. The Morgan fingerprint density at radius 1 is 1.21 bits per heavy atom. The molecule has 2 atom stereocenters. The highest BCUT2D eigenvalue weighted by atomic mass is 79.9. The van der Waals surface area contributed by atoms with Crippen LogP contribution in [0, 0.1) is 12.8 Å². The van der Waals surface area contributed by atoms with E-state index in [-0.39, 0.29) is 5.91 Å². The van der Waals surface area contributed by atoms with Crippen LogP contribution in [0.15, 0.2) is 22.7 Å². The van der Waals surface area contributed by atoms with E-state index >= 15 is 0 Å². The van der Waals surface area contributed by atoms with Gasteiger partial charge in [-0.3, -0.25) is 4.79 Å². The number of rotatable bonds is 1. The third-order valence-electron chi connectivity index (χ3n) is 4.56. The lowest BCUT2D eigenvalue weighted by Crippen LogP contribution is -2.39. The number of nitrogens with zero attached hydrogens (tertiary/aromatic N) is 1. The second kappa shape index (κ2) is 5.28. The maximum Gasteiger partial charge on any atom is 0.254 e. The van der Waals surface area contributed by atoms with Gasteiger partial charge in [0.2, 0.25) is 0 Å². The number of benzene rings is 1. The molecular weight excluding hydrogens is 302 g/mol. The van der Waals surface area contributed by atoms with Crippen molar-refractivity contribution in [1.29, 1.82) is 0 Å². The first-order chi connectivity index (χ1) is 9.15. The van der Waals surface area contributed by atoms with Crippen molar-refractivity contribution < 1.29 is 4.79 Å². The molecule has 2 fully saturated rings. The normalized spacial score (nSPS) is 26.3. The summed E-state index contributed by atoms with van der Waals surface area (Å²) >= 11 is 3.49. The number of carbonyl (C=O) groups is 1. The molecule has 3 heteroatoms. The predicted molar refractivity (Wildman–Crippen MR) is 80.3 cm³/mol. The Bertz CT molecular complexity index is 479. The summed E-state index contributed by atoms with van der Waals surface area (Å²) < 4.78 is 0.996. The van der Waals surface area contributed by atoms with E-state index in [9.17, 15) is 4.79 Å². The van der Waals surface area contributed by atoms with Gasteiger partial charge in [-0.25, -0.2) is 0 Å². The first kappa shape index (κ1) is 13.2. The maximum atomic E-state index is 12.7. The van der Waals surface area contributed by atoms with Crippen molar-refractivity contribution in [3.05, 3.63) is 33.8 Å². The third-order valence-corrected chi connectivity index (χ3v) is 5.02. The SMILES string of the molecule is Cc1cc(Br)cc(C(=O)N2CCC3CCCCC32)c1. The minimum absolute atomic E-state index is 0.221. The van der Waals surface area contributed by atoms with E-state index in [2.05, 4.69) is 20.8 Å². The first-order valence-electron chi connectivity index (χ1n) is 7.23. The molecule has 3 rings (SSSR count). The summed E-state index contributed by atoms with van der Waals surface area (Å²) in [4.78, 5) is 14.8. The average molecular weight is 322 g/mol. The zero-order chi connectivity index (χ0) is 13.4. The highest BCUT2D eigenvalue weighted by Crippen LogP contribution is 2.37. The molecule has 0 spiro atoms. The van der Waals surface area contributed by atoms with Gasteiger partial charge in [0.15, 0.2) is 0 Å². The largest absolute Gasteiger partial charge is 0.335 e. The molecule has 1 aliphatic heterocycles. The lowest BCUT2D eigenvalue weighted by atomic mass is 9.85. The van der Waals surface area contributed by atoms with E-state index in [0.717, 1.165) is 28.1 Å². The van der Waals surface area contributed by atoms with Crippen molar-refractivity contribution in [2.75, 3.05) is 6.54 Å². The van der Waals surface area contributed by atoms with Gasteiger partial charge in [0.1, 0.15) is 0 Å². The lowest BCUT2D eigenvalue weighted by Gasteiger charge is -2.31. The standard InChI is InChI=1S/C16H20BrNO/c1-11-8-13(10-14(17)9-11)16(19)18-7-6-12-4-2-3-5-15(12)18/h8-10,12,15H,2-7H2,1H3. The highest BCUT2D eigenvalue weighted by molar-refractivity contribution is 9.10. The summed E-state index contributed by atoms with van der Waals surface area (Å²) in [6, 6.07) is 6.50. The van der Waals surface area contributed by atoms with Crippen LogP contribution in [-0.2, 0) is 0 Å². The molecule has 2 unspecified atom stereocenters. The number of hydrogen-bond donors (Lipinski definition) is 0. The molecule has 0 radical (unpaired) electrons. The van der Waals surface area contributed by atoms with Crippen molar-refractivity contribution in [3.8, 4) is 0 Å². The zero-order valence-electron chi connectivity index (χ0n) is 11.4. The summed E-state index contributed by atoms with van der Waals surface area (Å²) in [5, 5.41) is 0. The maximum absolute atomic E-state index is 12.7. The van der Waals surface area contributed by atoms with Gasteiger partial charge >= 0.3 is 0 Å². The molecule has 0 aromatic heterocycles. The molecular formula is C16H20BrNO. The third kappa shape index (κ3) is 2.58. The fraction of sp³-hybridized carbons (Fsp3) is 0.562. The Kier molecular flexibility index (Phi) is 3.66. The van der Waals surface area contributed by atoms with Crippen LogP contribution >= 0.6 is 15.9 Å². The van der Waals surface area contributed by atoms with Crippen molar-refractivity contribution in [2.24, 2.45) is 5.92 Å². The van der Waals surface area contributed by atoms with Crippen molar-refractivity contribution in [1.82, 2.24) is 4.90 Å². The van der Waals surface area contributed by atoms with Crippen molar-refractivity contribution >= 4 is 21.8 Å². The summed E-state index contributed by atoms with van der Waals surface area (Å²) in [7, 11) is 0. The molecule has 1 aromatic rings. The Balaban J connectivity index is 1.83. The fourth-order valence-electron chi connectivity index (χ4n) is 3.68. The Hall–Kier alpha value is -0.830. The molecule has 0 N–H and O–H groups in total. The van der Waals surface area contributed by atoms with Crippen LogP contribution in [-0.4, -0.2) is 23.4 Å². The smallest absolute Gasteiger partial charge is 0.254 e. The van der Waals surface area contributed by atoms with Gasteiger partial charge in [0.25, 0.3) is 5.91 Å². The Morgan fingerprint density at radius 2 is 2.00 bits per heavy atom. The number of hydrogen-bond acceptors (Lipinski definition) is 1. The fourth-order valence-corrected chi connectivity index (χ4v) is 4.29. The Morgan fingerprint density at radius 3 is 2.79 bits per heavy atom. The van der Waals surface area contributed by atoms with Gasteiger partial charge < -0.3 is 4.90 Å². The first-order valence-corrected chi connectivity index (χ1v) is 8.02. The number of halogens is 1. The van der Waals surface area contributed by atoms with Gasteiger partial charge in [0.05, 0.1) is 0 Å². The minimum Gasteiger partial charge on any atom is -0.335 e. The molecule has 1 aliphatic carbocycles. The van der Waals surface area contributed by atoms with Gasteiger partial charge in [-0.15, -0.1) is 0 Å². The zero-order valence-corrected chi connectivity index (χ0v) is 12.9. The van der Waals surface area contributed by atoms with Gasteiger partial charge in [-0.1, -0.05) is 28.8 Å². The van der Waals surface area contributed by atoms with E-state index in [1.54, 1.807) is 0 Å². The van der Waals surface area contributed by atoms with Gasteiger partial charge in [-0.2, -0.15) is 0 Å². The molecule has 1 saturated carbocycles. The lowest BCUT2D eigenvalue weighted by molar-refractivity contribution is 0.0690. The van der Waals surface area contributed by atoms with Crippen LogP contribution in [0.4, 0.5) is 0 Å². The van der Waals surface area contributed by atoms with Gasteiger partial charge in [-0.05, 0) is 55.9 Å². The molecule has 2 aliphatic rings. The second-order valence-corrected chi connectivity index (χ2v) is 6.83. The second-order valence-electron chi connectivity index (χ2n) is 5.92. The molecule has 102 valence electrons. The molecule has 1 aromatic carbocycles. The van der Waals surface area contributed by atoms with Crippen LogP contribution in [0.2, 0.25) is 0 Å². The molecule has 1 amide bonds. The van der Waals surface area contributed by atoms with Crippen LogP contribution in [0.3, 0.4) is 0 Å². The van der Waals surface area contributed by atoms with Crippen molar-refractivity contribution in [2.45, 2.75) is 45.1 Å². The van der Waals surface area contributed by atoms with Gasteiger partial charge in [0, 0.05) is 22.6 Å². The van der Waals surface area contributed by atoms with E-state index in [1.165, 1.54) is 32.1 Å². The molecule has 2 nitrogen and oxygen atoms in total. The van der Waals surface area contributed by atoms with Crippen molar-refractivity contribution in [3.63, 3.8) is 0 Å². The number of likely N-dealkylation sites (tertiary alicyclic amines) is 1. The quantitative estimate of drug-likeness (QED) is 0.760. The summed E-state index contributed by atoms with van der Waals surface area (Å²) in [5.74, 6) is 0.977. The molecule has 0 bridgehead atoms. The molecule has 19 heavy (non-hydrogen) atoms. The van der Waals surface area contributed by atoms with E-state index in [1.807, 2.05) is 25.1 Å². The average Bonchev–Trinajstić information content (AvgIpc) is 2.80. The van der Waals surface area contributed by atoms with Crippen LogP contribution in [0.25, 0.3) is 0 Å². The van der Waals surface area contributed by atoms with E-state index in [0.29, 0.717) is 6.04 Å². The minimum atomic E-state index is 0.221. The molecule has 1 saturated heterocycles. The van der Waals surface area contributed by atoms with Crippen LogP contribution in [0.1, 0.15) is 48.0 Å². The number of carbonyl (C=O) groups excluding carboxylic acids is 1. The summed E-state index contributed by atoms with van der Waals surface area (Å²) in [6.45, 7) is 2.98. The Labute approximate surface area is 123 Å². The van der Waals surface area contributed by atoms with Crippen LogP contribution < -0.4 is 0 Å². The number of amides is 1. The number of aryl methyl sites for hydroxylation is 1. The summed E-state index contributed by atoms with van der Waals surface area (Å²) in [5.41, 5.74) is 1.97.